The molecule has 0 radical (unpaired) electrons. The van der Waals surface area contributed by atoms with Crippen molar-refractivity contribution in [3.63, 3.8) is 0 Å². The minimum absolute atomic E-state index is 0.546. The van der Waals surface area contributed by atoms with Gasteiger partial charge in [0.05, 0.1) is 0 Å². The molecular weight excluding hydrogens is 163 g/mol. The molecule has 0 heterocycles. The highest BCUT2D eigenvalue weighted by Gasteiger charge is 2.10. The van der Waals surface area contributed by atoms with E-state index in [-0.39, 0.29) is 0 Å². The zero-order chi connectivity index (χ0) is 10.9. The van der Waals surface area contributed by atoms with Crippen molar-refractivity contribution in [1.29, 1.82) is 0 Å². The summed E-state index contributed by atoms with van der Waals surface area (Å²) in [4.78, 5) is 0. The summed E-state index contributed by atoms with van der Waals surface area (Å²) in [5.41, 5.74) is 0. The topological polar surface area (TPSA) is 0 Å². The number of halogens is 1. The lowest BCUT2D eigenvalue weighted by Crippen LogP contribution is -2.08. The second-order valence-corrected chi connectivity index (χ2v) is 3.98. The van der Waals surface area contributed by atoms with Gasteiger partial charge < -0.3 is 0 Å². The van der Waals surface area contributed by atoms with Crippen LogP contribution in [-0.2, 0) is 0 Å². The summed E-state index contributed by atoms with van der Waals surface area (Å²) in [5.74, 6) is 1.25. The molecule has 2 unspecified atom stereocenters. The highest BCUT2D eigenvalue weighted by Crippen LogP contribution is 2.18. The third-order valence-corrected chi connectivity index (χ3v) is 1.97. The molecule has 13 heavy (non-hydrogen) atoms. The van der Waals surface area contributed by atoms with Gasteiger partial charge in [-0.25, -0.2) is 4.39 Å². The van der Waals surface area contributed by atoms with E-state index in [9.17, 15) is 4.39 Å². The van der Waals surface area contributed by atoms with Crippen LogP contribution in [0.5, 0.6) is 0 Å². The normalized spacial score (nSPS) is 14.8. The van der Waals surface area contributed by atoms with E-state index in [1.54, 1.807) is 0 Å². The van der Waals surface area contributed by atoms with Crippen LogP contribution >= 0.6 is 0 Å². The van der Waals surface area contributed by atoms with Gasteiger partial charge in [0.15, 0.2) is 0 Å². The van der Waals surface area contributed by atoms with Gasteiger partial charge in [-0.1, -0.05) is 41.5 Å². The maximum atomic E-state index is 12.8. The van der Waals surface area contributed by atoms with Crippen LogP contribution in [0.1, 0.15) is 60.8 Å². The Morgan fingerprint density at radius 1 is 1.00 bits per heavy atom. The summed E-state index contributed by atoms with van der Waals surface area (Å²) in [5, 5.41) is 0. The Morgan fingerprint density at radius 3 is 1.77 bits per heavy atom. The molecule has 0 aliphatic rings. The van der Waals surface area contributed by atoms with Gasteiger partial charge in [-0.2, -0.15) is 0 Å². The molecule has 0 amide bonds. The number of alkyl halides is 1. The molecule has 0 aliphatic carbocycles. The van der Waals surface area contributed by atoms with E-state index in [4.69, 9.17) is 0 Å². The lowest BCUT2D eigenvalue weighted by Gasteiger charge is -2.15. The molecule has 0 aromatic carbocycles. The van der Waals surface area contributed by atoms with Crippen molar-refractivity contribution in [2.24, 2.45) is 11.8 Å². The van der Waals surface area contributed by atoms with Crippen LogP contribution < -0.4 is 0 Å². The van der Waals surface area contributed by atoms with Gasteiger partial charge in [0.25, 0.3) is 0 Å². The summed E-state index contributed by atoms with van der Waals surface area (Å²) in [6.07, 6.45) is 1.99. The summed E-state index contributed by atoms with van der Waals surface area (Å²) < 4.78 is 12.8. The standard InChI is InChI=1S/C10H21F.C2H6/c1-5-10(11)7-9(4)6-8(2)3;1-2/h8-10H,5-7H2,1-4H3;1-2H3. The average molecular weight is 190 g/mol. The monoisotopic (exact) mass is 190 g/mol. The highest BCUT2D eigenvalue weighted by atomic mass is 19.1. The zero-order valence-corrected chi connectivity index (χ0v) is 10.2. The minimum atomic E-state index is -0.580. The van der Waals surface area contributed by atoms with E-state index in [2.05, 4.69) is 20.8 Å². The summed E-state index contributed by atoms with van der Waals surface area (Å²) in [6, 6.07) is 0. The van der Waals surface area contributed by atoms with Gasteiger partial charge in [0.2, 0.25) is 0 Å². The smallest absolute Gasteiger partial charge is 0.100 e. The van der Waals surface area contributed by atoms with Crippen LogP contribution in [0.3, 0.4) is 0 Å². The van der Waals surface area contributed by atoms with Crippen molar-refractivity contribution in [3.8, 4) is 0 Å². The molecule has 0 bridgehead atoms. The fraction of sp³-hybridized carbons (Fsp3) is 1.00. The molecule has 0 saturated heterocycles. The number of hydrogen-bond acceptors (Lipinski definition) is 0. The first-order valence-electron chi connectivity index (χ1n) is 5.70. The lowest BCUT2D eigenvalue weighted by atomic mass is 9.93. The number of hydrogen-bond donors (Lipinski definition) is 0. The fourth-order valence-electron chi connectivity index (χ4n) is 1.50. The van der Waals surface area contributed by atoms with E-state index in [1.165, 1.54) is 0 Å². The quantitative estimate of drug-likeness (QED) is 0.582. The van der Waals surface area contributed by atoms with E-state index < -0.39 is 6.17 Å². The van der Waals surface area contributed by atoms with Crippen LogP contribution in [0.25, 0.3) is 0 Å². The third kappa shape index (κ3) is 11.9. The Morgan fingerprint density at radius 2 is 1.46 bits per heavy atom. The largest absolute Gasteiger partial charge is 0.247 e. The predicted molar refractivity (Wildman–Crippen MR) is 59.8 cm³/mol. The second kappa shape index (κ2) is 10.0. The first kappa shape index (κ1) is 15.4. The summed E-state index contributed by atoms with van der Waals surface area (Å²) >= 11 is 0. The molecule has 1 heteroatoms. The van der Waals surface area contributed by atoms with Crippen molar-refractivity contribution in [1.82, 2.24) is 0 Å². The van der Waals surface area contributed by atoms with Crippen LogP contribution in [0, 0.1) is 11.8 Å². The van der Waals surface area contributed by atoms with Gasteiger partial charge >= 0.3 is 0 Å². The first-order valence-corrected chi connectivity index (χ1v) is 5.70. The molecule has 2 atom stereocenters. The van der Waals surface area contributed by atoms with E-state index in [0.717, 1.165) is 12.8 Å². The molecule has 0 spiro atoms. The molecule has 0 rings (SSSR count). The third-order valence-electron chi connectivity index (χ3n) is 1.97. The molecule has 0 saturated carbocycles. The molecule has 0 aromatic rings. The molecule has 0 fully saturated rings. The highest BCUT2D eigenvalue weighted by molar-refractivity contribution is 4.61. The van der Waals surface area contributed by atoms with E-state index >= 15 is 0 Å². The second-order valence-electron chi connectivity index (χ2n) is 3.98. The van der Waals surface area contributed by atoms with Crippen molar-refractivity contribution < 1.29 is 4.39 Å². The van der Waals surface area contributed by atoms with Crippen molar-refractivity contribution in [3.05, 3.63) is 0 Å². The SMILES string of the molecule is CC.CCC(F)CC(C)CC(C)C. The molecular formula is C12H27F. The summed E-state index contributed by atoms with van der Waals surface area (Å²) in [7, 11) is 0. The molecule has 0 aromatic heterocycles. The Balaban J connectivity index is 0. The summed E-state index contributed by atoms with van der Waals surface area (Å²) in [6.45, 7) is 12.4. The van der Waals surface area contributed by atoms with Crippen LogP contribution in [0.2, 0.25) is 0 Å². The molecule has 0 nitrogen and oxygen atoms in total. The molecule has 82 valence electrons. The minimum Gasteiger partial charge on any atom is -0.247 e. The van der Waals surface area contributed by atoms with E-state index in [1.807, 2.05) is 20.8 Å². The maximum Gasteiger partial charge on any atom is 0.100 e. The van der Waals surface area contributed by atoms with Crippen molar-refractivity contribution >= 4 is 0 Å². The van der Waals surface area contributed by atoms with E-state index in [0.29, 0.717) is 18.3 Å². The van der Waals surface area contributed by atoms with Gasteiger partial charge in [0, 0.05) is 0 Å². The Hall–Kier alpha value is -0.0700. The molecule has 0 aliphatic heterocycles. The van der Waals surface area contributed by atoms with Crippen LogP contribution in [0.4, 0.5) is 4.39 Å². The van der Waals surface area contributed by atoms with Crippen molar-refractivity contribution in [2.45, 2.75) is 67.0 Å². The Labute approximate surface area is 83.9 Å². The Kier molecular flexibility index (Phi) is 11.9. The maximum absolute atomic E-state index is 12.8. The molecule has 0 N–H and O–H groups in total. The lowest BCUT2D eigenvalue weighted by molar-refractivity contribution is 0.252. The van der Waals surface area contributed by atoms with Crippen molar-refractivity contribution in [2.75, 3.05) is 0 Å². The zero-order valence-electron chi connectivity index (χ0n) is 10.2. The van der Waals surface area contributed by atoms with Crippen LogP contribution in [-0.4, -0.2) is 6.17 Å². The fourth-order valence-corrected chi connectivity index (χ4v) is 1.50. The predicted octanol–water partition coefficient (Wildman–Crippen LogP) is 4.83. The first-order chi connectivity index (χ1) is 6.06. The van der Waals surface area contributed by atoms with Crippen LogP contribution in [0.15, 0.2) is 0 Å². The van der Waals surface area contributed by atoms with Gasteiger partial charge in [0.1, 0.15) is 6.17 Å². The Bertz CT molecular complexity index is 89.1. The number of rotatable bonds is 5. The van der Waals surface area contributed by atoms with Gasteiger partial charge in [-0.3, -0.25) is 0 Å². The average Bonchev–Trinajstić information content (AvgIpc) is 2.06. The van der Waals surface area contributed by atoms with Gasteiger partial charge in [-0.05, 0) is 31.1 Å². The van der Waals surface area contributed by atoms with Gasteiger partial charge in [-0.15, -0.1) is 0 Å².